The number of nitrogens with zero attached hydrogens (tertiary/aromatic N) is 4. The van der Waals surface area contributed by atoms with Crippen LogP contribution in [-0.4, -0.2) is 39.1 Å². The standard InChI is InChI=1S/C5H3N5O4S.2H2O/c6-3-2-4-7-1-10(2)14-15(11,12)13-5(8-3)9-4;;/h1H,(H2,6,8,9);2*1H2. The van der Waals surface area contributed by atoms with E-state index in [0.717, 1.165) is 11.1 Å². The smallest absolute Gasteiger partial charge is 0.412 e. The Morgan fingerprint density at radius 1 is 1.29 bits per heavy atom. The van der Waals surface area contributed by atoms with Gasteiger partial charge in [0.15, 0.2) is 17.0 Å². The lowest BCUT2D eigenvalue weighted by Gasteiger charge is -2.10. The molecule has 2 aliphatic rings. The Kier molecular flexibility index (Phi) is 2.80. The molecule has 2 aromatic heterocycles. The minimum atomic E-state index is -4.22. The Bertz CT molecular complexity index is 665. The molecule has 0 atom stereocenters. The average molecular weight is 265 g/mol. The van der Waals surface area contributed by atoms with Crippen LogP contribution in [0.25, 0.3) is 11.2 Å². The molecule has 0 unspecified atom stereocenters. The summed E-state index contributed by atoms with van der Waals surface area (Å²) >= 11 is 0. The summed E-state index contributed by atoms with van der Waals surface area (Å²) in [6.07, 6.45) is 1.12. The summed E-state index contributed by atoms with van der Waals surface area (Å²) in [5, 5.41) is 0. The van der Waals surface area contributed by atoms with Crippen LogP contribution >= 0.6 is 0 Å². The molecule has 2 aliphatic heterocycles. The highest BCUT2D eigenvalue weighted by Gasteiger charge is 2.26. The fourth-order valence-corrected chi connectivity index (χ4v) is 1.80. The van der Waals surface area contributed by atoms with Gasteiger partial charge in [-0.3, -0.25) is 4.28 Å². The van der Waals surface area contributed by atoms with E-state index in [9.17, 15) is 8.42 Å². The van der Waals surface area contributed by atoms with Gasteiger partial charge in [0.1, 0.15) is 6.33 Å². The molecule has 0 fully saturated rings. The summed E-state index contributed by atoms with van der Waals surface area (Å²) < 4.78 is 32.0. The Balaban J connectivity index is 0.000000722. The first kappa shape index (κ1) is 12.9. The lowest BCUT2D eigenvalue weighted by molar-refractivity contribution is 0.246. The SMILES string of the molecule is Nc1nc2nc3ncn(c13)OS(=O)(=O)O2.O.O. The molecule has 11 nitrogen and oxygen atoms in total. The zero-order chi connectivity index (χ0) is 10.6. The predicted octanol–water partition coefficient (Wildman–Crippen LogP) is -3.18. The number of rotatable bonds is 0. The molecule has 0 spiro atoms. The van der Waals surface area contributed by atoms with Crippen LogP contribution in [0.4, 0.5) is 5.82 Å². The summed E-state index contributed by atoms with van der Waals surface area (Å²) in [6.45, 7) is 0. The van der Waals surface area contributed by atoms with Gasteiger partial charge in [-0.15, -0.1) is 13.1 Å². The normalized spacial score (nSPS) is 15.1. The Morgan fingerprint density at radius 2 is 2.00 bits per heavy atom. The minimum absolute atomic E-state index is 0. The summed E-state index contributed by atoms with van der Waals surface area (Å²) in [4.78, 5) is 11.1. The van der Waals surface area contributed by atoms with E-state index in [1.165, 1.54) is 0 Å². The minimum Gasteiger partial charge on any atom is -0.412 e. The van der Waals surface area contributed by atoms with E-state index in [1.807, 2.05) is 0 Å². The molecule has 94 valence electrons. The molecule has 2 aromatic rings. The van der Waals surface area contributed by atoms with Gasteiger partial charge in [0, 0.05) is 0 Å². The third-order valence-corrected chi connectivity index (χ3v) is 2.42. The average Bonchev–Trinajstić information content (AvgIpc) is 2.45. The number of hydrogen-bond donors (Lipinski definition) is 1. The summed E-state index contributed by atoms with van der Waals surface area (Å²) in [7, 11) is -4.22. The van der Waals surface area contributed by atoms with E-state index >= 15 is 0 Å². The molecule has 0 amide bonds. The van der Waals surface area contributed by atoms with Crippen molar-refractivity contribution >= 4 is 27.4 Å². The quantitative estimate of drug-likeness (QED) is 0.516. The van der Waals surface area contributed by atoms with Crippen molar-refractivity contribution in [2.75, 3.05) is 5.73 Å². The lowest BCUT2D eigenvalue weighted by atomic mass is 10.5. The van der Waals surface area contributed by atoms with Crippen molar-refractivity contribution in [3.63, 3.8) is 0 Å². The van der Waals surface area contributed by atoms with E-state index in [1.54, 1.807) is 0 Å². The van der Waals surface area contributed by atoms with Crippen molar-refractivity contribution in [3.05, 3.63) is 6.33 Å². The maximum absolute atomic E-state index is 11.1. The number of nitrogen functional groups attached to an aromatic ring is 1. The van der Waals surface area contributed by atoms with Crippen LogP contribution in [0.1, 0.15) is 0 Å². The first-order chi connectivity index (χ1) is 7.05. The molecule has 0 saturated heterocycles. The largest absolute Gasteiger partial charge is 0.523 e. The fraction of sp³-hybridized carbons (Fsp3) is 0. The maximum atomic E-state index is 11.1. The second kappa shape index (κ2) is 3.69. The van der Waals surface area contributed by atoms with Crippen LogP contribution in [0, 0.1) is 0 Å². The van der Waals surface area contributed by atoms with Crippen molar-refractivity contribution in [2.45, 2.75) is 0 Å². The highest BCUT2D eigenvalue weighted by molar-refractivity contribution is 7.82. The molecule has 4 heterocycles. The zero-order valence-electron chi connectivity index (χ0n) is 7.98. The Labute approximate surface area is 93.7 Å². The third kappa shape index (κ3) is 1.79. The number of fused-ring (bicyclic) bond motifs is 3. The van der Waals surface area contributed by atoms with Crippen LogP contribution in [0.2, 0.25) is 0 Å². The molecule has 0 saturated carbocycles. The molecule has 0 radical (unpaired) electrons. The van der Waals surface area contributed by atoms with E-state index in [-0.39, 0.29) is 27.9 Å². The van der Waals surface area contributed by atoms with Gasteiger partial charge in [-0.2, -0.15) is 9.97 Å². The van der Waals surface area contributed by atoms with E-state index in [0.29, 0.717) is 0 Å². The molecule has 12 heteroatoms. The van der Waals surface area contributed by atoms with Crippen molar-refractivity contribution in [1.82, 2.24) is 19.7 Å². The van der Waals surface area contributed by atoms with Gasteiger partial charge in [-0.05, 0) is 0 Å². The highest BCUT2D eigenvalue weighted by Crippen LogP contribution is 2.22. The monoisotopic (exact) mass is 265 g/mol. The molecular formula is C5H7N5O6S. The first-order valence-corrected chi connectivity index (χ1v) is 5.03. The van der Waals surface area contributed by atoms with Crippen LogP contribution < -0.4 is 14.2 Å². The first-order valence-electron chi connectivity index (χ1n) is 3.70. The second-order valence-electron chi connectivity index (χ2n) is 2.70. The van der Waals surface area contributed by atoms with Crippen molar-refractivity contribution in [1.29, 1.82) is 0 Å². The number of anilines is 1. The Hall–Kier alpha value is -2.18. The van der Waals surface area contributed by atoms with Crippen molar-refractivity contribution in [2.24, 2.45) is 0 Å². The second-order valence-corrected chi connectivity index (χ2v) is 3.83. The molecular weight excluding hydrogens is 258 g/mol. The van der Waals surface area contributed by atoms with Crippen LogP contribution in [-0.2, 0) is 10.4 Å². The molecule has 4 rings (SSSR count). The molecule has 6 N–H and O–H groups in total. The van der Waals surface area contributed by atoms with Gasteiger partial charge in [-0.25, -0.2) is 4.98 Å². The summed E-state index contributed by atoms with van der Waals surface area (Å²) in [5.74, 6) is 0.0300. The van der Waals surface area contributed by atoms with Gasteiger partial charge in [0.05, 0.1) is 0 Å². The van der Waals surface area contributed by atoms with E-state index in [2.05, 4.69) is 23.4 Å². The van der Waals surface area contributed by atoms with E-state index in [4.69, 9.17) is 5.73 Å². The van der Waals surface area contributed by atoms with Crippen molar-refractivity contribution in [3.8, 4) is 6.01 Å². The molecule has 0 aliphatic carbocycles. The lowest BCUT2D eigenvalue weighted by Crippen LogP contribution is -2.27. The number of imidazole rings is 1. The number of aromatic nitrogens is 4. The third-order valence-electron chi connectivity index (χ3n) is 1.73. The predicted molar refractivity (Wildman–Crippen MR) is 53.1 cm³/mol. The summed E-state index contributed by atoms with van der Waals surface area (Å²) in [5.41, 5.74) is 5.92. The van der Waals surface area contributed by atoms with Gasteiger partial charge >= 0.3 is 16.4 Å². The van der Waals surface area contributed by atoms with Gasteiger partial charge in [-0.1, -0.05) is 0 Å². The van der Waals surface area contributed by atoms with Gasteiger partial charge in [0.2, 0.25) is 0 Å². The number of hydrogen-bond acceptors (Lipinski definition) is 8. The number of nitrogens with two attached hydrogens (primary N) is 1. The Morgan fingerprint density at radius 3 is 2.71 bits per heavy atom. The maximum Gasteiger partial charge on any atom is 0.523 e. The topological polar surface area (TPSA) is 185 Å². The summed E-state index contributed by atoms with van der Waals surface area (Å²) in [6, 6.07) is -0.412. The highest BCUT2D eigenvalue weighted by atomic mass is 32.3. The van der Waals surface area contributed by atoms with Gasteiger partial charge in [0.25, 0.3) is 0 Å². The van der Waals surface area contributed by atoms with E-state index < -0.39 is 16.4 Å². The zero-order valence-corrected chi connectivity index (χ0v) is 8.80. The molecule has 0 aromatic carbocycles. The molecule has 17 heavy (non-hydrogen) atoms. The van der Waals surface area contributed by atoms with Crippen LogP contribution in [0.15, 0.2) is 6.33 Å². The van der Waals surface area contributed by atoms with Crippen molar-refractivity contribution < 1.29 is 27.8 Å². The molecule has 4 bridgehead atoms. The fourth-order valence-electron chi connectivity index (χ4n) is 1.20. The van der Waals surface area contributed by atoms with Crippen LogP contribution in [0.5, 0.6) is 6.01 Å². The van der Waals surface area contributed by atoms with Gasteiger partial charge < -0.3 is 20.9 Å². The van der Waals surface area contributed by atoms with Crippen LogP contribution in [0.3, 0.4) is 0 Å².